The molecule has 2 aromatic carbocycles. The summed E-state index contributed by atoms with van der Waals surface area (Å²) in [5.74, 6) is -1.58. The molecule has 0 radical (unpaired) electrons. The Morgan fingerprint density at radius 1 is 1.02 bits per heavy atom. The first-order valence-corrected chi connectivity index (χ1v) is 16.7. The fraction of sp³-hybridized carbons (Fsp3) is 0.333. The van der Waals surface area contributed by atoms with Crippen LogP contribution in [0.25, 0.3) is 0 Å². The number of β-lactam (4-membered cyclic amide) rings is 1. The summed E-state index contributed by atoms with van der Waals surface area (Å²) < 4.78 is 10.2. The van der Waals surface area contributed by atoms with Gasteiger partial charge in [0.2, 0.25) is 10.8 Å². The number of esters is 1. The van der Waals surface area contributed by atoms with Gasteiger partial charge in [0, 0.05) is 17.0 Å². The molecule has 3 amide bonds. The molecular weight excluding hydrogens is 641 g/mol. The summed E-state index contributed by atoms with van der Waals surface area (Å²) in [6, 6.07) is 16.1. The number of rotatable bonds is 11. The molecule has 2 aliphatic rings. The second-order valence-corrected chi connectivity index (χ2v) is 14.4. The summed E-state index contributed by atoms with van der Waals surface area (Å²) in [6.07, 6.45) is 0.870. The lowest BCUT2D eigenvalue weighted by molar-refractivity contribution is -0.384. The number of nitrogens with zero attached hydrogens (tertiary/aromatic N) is 2. The summed E-state index contributed by atoms with van der Waals surface area (Å²) in [7, 11) is 0. The van der Waals surface area contributed by atoms with E-state index in [2.05, 4.69) is 10.6 Å². The molecule has 2 N–H and O–H groups in total. The number of carbonyl (C=O) groups excluding carboxylic acids is 4. The highest BCUT2D eigenvalue weighted by Crippen LogP contribution is 2.61. The quantitative estimate of drug-likeness (QED) is 0.128. The van der Waals surface area contributed by atoms with Crippen LogP contribution in [0.5, 0.6) is 0 Å². The summed E-state index contributed by atoms with van der Waals surface area (Å²) in [4.78, 5) is 64.5. The van der Waals surface area contributed by atoms with Crippen LogP contribution in [-0.4, -0.2) is 61.0 Å². The highest BCUT2D eigenvalue weighted by atomic mass is 32.2. The smallest absolute Gasteiger partial charge is 0.408 e. The number of nitrogens with one attached hydrogen (secondary N) is 2. The highest BCUT2D eigenvalue weighted by Gasteiger charge is 2.73. The fourth-order valence-corrected chi connectivity index (χ4v) is 9.28. The van der Waals surface area contributed by atoms with E-state index < -0.39 is 55.9 Å². The molecule has 4 atom stereocenters. The van der Waals surface area contributed by atoms with Crippen molar-refractivity contribution in [3.8, 4) is 0 Å². The first-order valence-electron chi connectivity index (χ1n) is 13.8. The topological polar surface area (TPSA) is 157 Å². The maximum atomic E-state index is 13.6. The number of benzene rings is 2. The van der Waals surface area contributed by atoms with E-state index in [1.807, 2.05) is 44.2 Å². The zero-order valence-electron chi connectivity index (χ0n) is 24.5. The molecule has 1 aromatic heterocycles. The number of hydrogen-bond acceptors (Lipinski definition) is 11. The molecule has 2 saturated heterocycles. The molecule has 12 nitrogen and oxygen atoms in total. The SMILES string of the molecule is CS[C@@]1(C(=O)OCc2ccccc2)N2C(=O)[C@@H](NC(=O)C(NC(=O)OCc3ccc([N+](=O)[O-])cc3)c3cccs3)[C@H]2SC1(C)C. The third kappa shape index (κ3) is 6.24. The van der Waals surface area contributed by atoms with Crippen LogP contribution >= 0.6 is 34.9 Å². The van der Waals surface area contributed by atoms with Gasteiger partial charge in [0.25, 0.3) is 11.6 Å². The Bertz CT molecular complexity index is 1590. The Morgan fingerprint density at radius 2 is 1.69 bits per heavy atom. The van der Waals surface area contributed by atoms with E-state index in [0.29, 0.717) is 10.4 Å². The highest BCUT2D eigenvalue weighted by molar-refractivity contribution is 8.06. The molecule has 0 spiro atoms. The molecule has 0 bridgehead atoms. The lowest BCUT2D eigenvalue weighted by Crippen LogP contribution is -2.75. The minimum absolute atomic E-state index is 0.0596. The summed E-state index contributed by atoms with van der Waals surface area (Å²) in [5.41, 5.74) is 1.25. The molecule has 3 heterocycles. The zero-order chi connectivity index (χ0) is 32.4. The Balaban J connectivity index is 1.25. The number of nitro groups is 1. The van der Waals surface area contributed by atoms with Crippen LogP contribution in [0, 0.1) is 10.1 Å². The van der Waals surface area contributed by atoms with Crippen molar-refractivity contribution < 1.29 is 33.6 Å². The van der Waals surface area contributed by atoms with Gasteiger partial charge in [-0.3, -0.25) is 19.7 Å². The second kappa shape index (κ2) is 13.1. The maximum absolute atomic E-state index is 13.6. The largest absolute Gasteiger partial charge is 0.458 e. The number of alkyl carbamates (subject to hydrolysis) is 1. The molecule has 236 valence electrons. The van der Waals surface area contributed by atoms with Crippen LogP contribution in [0.4, 0.5) is 10.5 Å². The van der Waals surface area contributed by atoms with Gasteiger partial charge in [0.15, 0.2) is 0 Å². The van der Waals surface area contributed by atoms with E-state index in [0.717, 1.165) is 5.56 Å². The zero-order valence-corrected chi connectivity index (χ0v) is 26.9. The number of hydrogen-bond donors (Lipinski definition) is 2. The van der Waals surface area contributed by atoms with E-state index in [4.69, 9.17) is 9.47 Å². The van der Waals surface area contributed by atoms with E-state index in [1.165, 1.54) is 64.0 Å². The van der Waals surface area contributed by atoms with Gasteiger partial charge in [-0.05, 0) is 54.8 Å². The lowest BCUT2D eigenvalue weighted by Gasteiger charge is -2.49. The van der Waals surface area contributed by atoms with Crippen LogP contribution in [-0.2, 0) is 37.1 Å². The van der Waals surface area contributed by atoms with Crippen LogP contribution < -0.4 is 10.6 Å². The van der Waals surface area contributed by atoms with Gasteiger partial charge in [-0.15, -0.1) is 34.9 Å². The van der Waals surface area contributed by atoms with Crippen LogP contribution in [0.15, 0.2) is 72.1 Å². The van der Waals surface area contributed by atoms with Crippen molar-refractivity contribution in [3.63, 3.8) is 0 Å². The number of thiophene rings is 1. The van der Waals surface area contributed by atoms with Crippen molar-refractivity contribution in [1.82, 2.24) is 15.5 Å². The van der Waals surface area contributed by atoms with Crippen molar-refractivity contribution in [1.29, 1.82) is 0 Å². The number of thioether (sulfide) groups is 2. The van der Waals surface area contributed by atoms with Gasteiger partial charge in [-0.25, -0.2) is 9.59 Å². The standard InChI is InChI=1S/C30H30N4O8S3/c1-29(2)30(43-3,27(37)41-16-18-8-5-4-6-9-18)33-25(36)23(26(33)45-29)31-24(35)22(21-10-7-15-44-21)32-28(38)42-17-19-11-13-20(14-12-19)34(39)40/h4-15,22-23,26H,16-17H2,1-3H3,(H,31,35)(H,32,38)/t22?,23-,26-,30-/m1/s1. The van der Waals surface area contributed by atoms with E-state index in [-0.39, 0.29) is 18.9 Å². The number of fused-ring (bicyclic) bond motifs is 1. The molecular formula is C30H30N4O8S3. The van der Waals surface area contributed by atoms with Gasteiger partial charge in [-0.1, -0.05) is 36.4 Å². The Kier molecular flexibility index (Phi) is 9.41. The normalized spacial score (nSPS) is 22.0. The molecule has 3 aromatic rings. The van der Waals surface area contributed by atoms with E-state index in [1.54, 1.807) is 23.8 Å². The predicted octanol–water partition coefficient (Wildman–Crippen LogP) is 4.61. The molecule has 0 saturated carbocycles. The average molecular weight is 671 g/mol. The Hall–Kier alpha value is -4.08. The van der Waals surface area contributed by atoms with Gasteiger partial charge in [0.1, 0.15) is 30.7 Å². The van der Waals surface area contributed by atoms with Gasteiger partial charge >= 0.3 is 12.1 Å². The van der Waals surface area contributed by atoms with Crippen molar-refractivity contribution in [3.05, 3.63) is 98.2 Å². The Labute approximate surface area is 271 Å². The first-order chi connectivity index (χ1) is 21.5. The summed E-state index contributed by atoms with van der Waals surface area (Å²) in [6.45, 7) is 3.63. The molecule has 2 aliphatic heterocycles. The number of nitro benzene ring substituents is 1. The van der Waals surface area contributed by atoms with Crippen LogP contribution in [0.3, 0.4) is 0 Å². The van der Waals surface area contributed by atoms with Crippen molar-refractivity contribution >= 4 is 64.4 Å². The van der Waals surface area contributed by atoms with Gasteiger partial charge in [-0.2, -0.15) is 0 Å². The monoisotopic (exact) mass is 670 g/mol. The molecule has 0 aliphatic carbocycles. The fourth-order valence-electron chi connectivity index (χ4n) is 5.30. The number of carbonyl (C=O) groups is 4. The third-order valence-electron chi connectivity index (χ3n) is 7.57. The lowest BCUT2D eigenvalue weighted by atomic mass is 9.94. The maximum Gasteiger partial charge on any atom is 0.408 e. The summed E-state index contributed by atoms with van der Waals surface area (Å²) in [5, 5.41) is 17.4. The van der Waals surface area contributed by atoms with Gasteiger partial charge < -0.3 is 25.0 Å². The number of ether oxygens (including phenoxy) is 2. The first kappa shape index (κ1) is 32.3. The van der Waals surface area contributed by atoms with Gasteiger partial charge in [0.05, 0.1) is 9.67 Å². The summed E-state index contributed by atoms with van der Waals surface area (Å²) >= 11 is 3.87. The van der Waals surface area contributed by atoms with Crippen molar-refractivity contribution in [2.75, 3.05) is 6.26 Å². The third-order valence-corrected chi connectivity index (χ3v) is 11.7. The van der Waals surface area contributed by atoms with Crippen LogP contribution in [0.1, 0.15) is 35.9 Å². The molecule has 1 unspecified atom stereocenters. The minimum atomic E-state index is -1.32. The molecule has 2 fully saturated rings. The van der Waals surface area contributed by atoms with Crippen molar-refractivity contribution in [2.24, 2.45) is 0 Å². The average Bonchev–Trinajstić information content (AvgIpc) is 3.64. The van der Waals surface area contributed by atoms with E-state index >= 15 is 0 Å². The molecule has 5 rings (SSSR count). The Morgan fingerprint density at radius 3 is 2.31 bits per heavy atom. The van der Waals surface area contributed by atoms with Crippen LogP contribution in [0.2, 0.25) is 0 Å². The number of amides is 3. The van der Waals surface area contributed by atoms with E-state index in [9.17, 15) is 29.3 Å². The minimum Gasteiger partial charge on any atom is -0.458 e. The number of non-ortho nitro benzene ring substituents is 1. The molecule has 15 heteroatoms. The molecule has 45 heavy (non-hydrogen) atoms. The predicted molar refractivity (Wildman–Crippen MR) is 170 cm³/mol. The second-order valence-electron chi connectivity index (χ2n) is 10.7. The van der Waals surface area contributed by atoms with Crippen molar-refractivity contribution in [2.45, 2.75) is 54.1 Å².